The Morgan fingerprint density at radius 3 is 2.67 bits per heavy atom. The molecule has 0 N–H and O–H groups in total. The van der Waals surface area contributed by atoms with Gasteiger partial charge in [-0.15, -0.1) is 0 Å². The van der Waals surface area contributed by atoms with Crippen molar-refractivity contribution in [2.24, 2.45) is 0 Å². The van der Waals surface area contributed by atoms with E-state index in [1.165, 1.54) is 10.6 Å². The third-order valence-corrected chi connectivity index (χ3v) is 6.42. The molecule has 8 heteroatoms. The van der Waals surface area contributed by atoms with Crippen LogP contribution in [-0.2, 0) is 29.4 Å². The molecule has 2 aromatic carbocycles. The van der Waals surface area contributed by atoms with Crippen LogP contribution in [0.1, 0.15) is 22.5 Å². The fourth-order valence-corrected chi connectivity index (χ4v) is 4.23. The molecule has 0 atom stereocenters. The van der Waals surface area contributed by atoms with Crippen molar-refractivity contribution in [2.45, 2.75) is 19.4 Å². The van der Waals surface area contributed by atoms with E-state index in [2.05, 4.69) is 26.1 Å². The van der Waals surface area contributed by atoms with E-state index in [1.54, 1.807) is 0 Å². The van der Waals surface area contributed by atoms with Crippen LogP contribution in [-0.4, -0.2) is 35.7 Å². The van der Waals surface area contributed by atoms with E-state index in [-0.39, 0.29) is 0 Å². The van der Waals surface area contributed by atoms with Gasteiger partial charge < -0.3 is 4.52 Å². The van der Waals surface area contributed by atoms with Crippen LogP contribution in [0.3, 0.4) is 0 Å². The number of sulfonamides is 1. The number of aromatic nitrogens is 2. The molecule has 0 bridgehead atoms. The fraction of sp³-hybridized carbons (Fsp3) is 0.263. The van der Waals surface area contributed by atoms with Gasteiger partial charge in [0.1, 0.15) is 0 Å². The minimum Gasteiger partial charge on any atom is -0.334 e. The molecule has 0 fully saturated rings. The first-order valence-electron chi connectivity index (χ1n) is 8.53. The van der Waals surface area contributed by atoms with Gasteiger partial charge in [0.15, 0.2) is 5.82 Å². The third-order valence-electron chi connectivity index (χ3n) is 4.64. The zero-order chi connectivity index (χ0) is 19.0. The second-order valence-electron chi connectivity index (χ2n) is 6.65. The Morgan fingerprint density at radius 1 is 1.15 bits per heavy atom. The van der Waals surface area contributed by atoms with Gasteiger partial charge in [-0.2, -0.15) is 9.29 Å². The van der Waals surface area contributed by atoms with Crippen LogP contribution >= 0.6 is 15.9 Å². The van der Waals surface area contributed by atoms with Crippen LogP contribution in [0, 0.1) is 0 Å². The third kappa shape index (κ3) is 4.12. The van der Waals surface area contributed by atoms with Gasteiger partial charge in [-0.3, -0.25) is 0 Å². The van der Waals surface area contributed by atoms with Crippen molar-refractivity contribution in [3.8, 4) is 11.5 Å². The van der Waals surface area contributed by atoms with Crippen molar-refractivity contribution in [1.82, 2.24) is 14.4 Å². The number of hydrogen-bond donors (Lipinski definition) is 0. The molecule has 0 saturated carbocycles. The summed E-state index contributed by atoms with van der Waals surface area (Å²) in [7, 11) is -3.17. The average Bonchev–Trinajstić information content (AvgIpc) is 3.10. The smallest absolute Gasteiger partial charge is 0.257 e. The molecule has 0 radical (unpaired) electrons. The van der Waals surface area contributed by atoms with Crippen molar-refractivity contribution >= 4 is 26.0 Å². The normalized spacial score (nSPS) is 14.9. The Labute approximate surface area is 166 Å². The number of benzene rings is 2. The van der Waals surface area contributed by atoms with E-state index in [1.807, 2.05) is 42.5 Å². The molecule has 1 aromatic heterocycles. The number of rotatable bonds is 4. The maximum atomic E-state index is 11.7. The summed E-state index contributed by atoms with van der Waals surface area (Å²) in [5.74, 6) is 1.11. The molecule has 27 heavy (non-hydrogen) atoms. The zero-order valence-electron chi connectivity index (χ0n) is 14.7. The molecule has 0 amide bonds. The molecule has 0 saturated heterocycles. The van der Waals surface area contributed by atoms with Gasteiger partial charge in [0, 0.05) is 29.5 Å². The lowest BCUT2D eigenvalue weighted by atomic mass is 9.98. The van der Waals surface area contributed by atoms with E-state index in [4.69, 9.17) is 4.52 Å². The van der Waals surface area contributed by atoms with E-state index in [0.29, 0.717) is 37.6 Å². The highest BCUT2D eigenvalue weighted by Gasteiger charge is 2.23. The van der Waals surface area contributed by atoms with Gasteiger partial charge in [-0.05, 0) is 47.4 Å². The summed E-state index contributed by atoms with van der Waals surface area (Å²) in [5.41, 5.74) is 4.11. The zero-order valence-corrected chi connectivity index (χ0v) is 17.1. The monoisotopic (exact) mass is 447 g/mol. The van der Waals surface area contributed by atoms with Gasteiger partial charge in [0.05, 0.1) is 6.26 Å². The van der Waals surface area contributed by atoms with Crippen molar-refractivity contribution in [2.75, 3.05) is 12.8 Å². The molecule has 4 rings (SSSR count). The Morgan fingerprint density at radius 2 is 1.93 bits per heavy atom. The highest BCUT2D eigenvalue weighted by Crippen LogP contribution is 2.26. The van der Waals surface area contributed by atoms with Crippen LogP contribution in [0.2, 0.25) is 0 Å². The summed E-state index contributed by atoms with van der Waals surface area (Å²) in [4.78, 5) is 4.51. The van der Waals surface area contributed by atoms with Crippen molar-refractivity contribution in [3.05, 3.63) is 69.5 Å². The van der Waals surface area contributed by atoms with Crippen molar-refractivity contribution in [1.29, 1.82) is 0 Å². The van der Waals surface area contributed by atoms with Gasteiger partial charge >= 0.3 is 0 Å². The van der Waals surface area contributed by atoms with Gasteiger partial charge in [0.2, 0.25) is 10.0 Å². The second-order valence-corrected chi connectivity index (χ2v) is 9.55. The van der Waals surface area contributed by atoms with E-state index in [9.17, 15) is 8.42 Å². The quantitative estimate of drug-likeness (QED) is 0.612. The summed E-state index contributed by atoms with van der Waals surface area (Å²) in [5, 5.41) is 4.08. The first-order chi connectivity index (χ1) is 12.9. The largest absolute Gasteiger partial charge is 0.334 e. The molecule has 2 heterocycles. The lowest BCUT2D eigenvalue weighted by Gasteiger charge is -2.26. The minimum atomic E-state index is -3.17. The Bertz CT molecular complexity index is 1080. The lowest BCUT2D eigenvalue weighted by Crippen LogP contribution is -2.35. The average molecular weight is 448 g/mol. The molecule has 140 valence electrons. The highest BCUT2D eigenvalue weighted by atomic mass is 79.9. The number of fused-ring (bicyclic) bond motifs is 1. The van der Waals surface area contributed by atoms with Gasteiger partial charge in [-0.25, -0.2) is 8.42 Å². The topological polar surface area (TPSA) is 76.3 Å². The van der Waals surface area contributed by atoms with Crippen molar-refractivity contribution in [3.63, 3.8) is 0 Å². The molecule has 1 aliphatic rings. The van der Waals surface area contributed by atoms with E-state index < -0.39 is 10.0 Å². The standard InChI is InChI=1S/C19H18BrN3O3S/c1-27(24,25)23-9-8-14-11-15(4-5-16(14)12-23)19-21-18(22-26-19)10-13-2-6-17(20)7-3-13/h2-7,11H,8-10,12H2,1H3. The van der Waals surface area contributed by atoms with Crippen LogP contribution in [0.25, 0.3) is 11.5 Å². The molecule has 6 nitrogen and oxygen atoms in total. The summed E-state index contributed by atoms with van der Waals surface area (Å²) >= 11 is 3.42. The fourth-order valence-electron chi connectivity index (χ4n) is 3.17. The predicted octanol–water partition coefficient (Wildman–Crippen LogP) is 3.41. The second kappa shape index (κ2) is 7.18. The molecule has 1 aliphatic heterocycles. The molecular formula is C19H18BrN3O3S. The maximum absolute atomic E-state index is 11.7. The van der Waals surface area contributed by atoms with E-state index in [0.717, 1.165) is 26.7 Å². The SMILES string of the molecule is CS(=O)(=O)N1CCc2cc(-c3nc(Cc4ccc(Br)cc4)no3)ccc2C1. The number of hydrogen-bond acceptors (Lipinski definition) is 5. The first kappa shape index (κ1) is 18.3. The van der Waals surface area contributed by atoms with Crippen LogP contribution in [0.5, 0.6) is 0 Å². The van der Waals surface area contributed by atoms with Gasteiger partial charge in [0.25, 0.3) is 5.89 Å². The lowest BCUT2D eigenvalue weighted by molar-refractivity contribution is 0.394. The Hall–Kier alpha value is -2.03. The Kier molecular flexibility index (Phi) is 4.88. The summed E-state index contributed by atoms with van der Waals surface area (Å²) in [6, 6.07) is 13.9. The summed E-state index contributed by atoms with van der Waals surface area (Å²) < 4.78 is 31.5. The molecule has 3 aromatic rings. The summed E-state index contributed by atoms with van der Waals surface area (Å²) in [6.07, 6.45) is 2.53. The summed E-state index contributed by atoms with van der Waals surface area (Å²) in [6.45, 7) is 0.904. The van der Waals surface area contributed by atoms with Crippen LogP contribution in [0.15, 0.2) is 51.5 Å². The van der Waals surface area contributed by atoms with Gasteiger partial charge in [-0.1, -0.05) is 39.3 Å². The number of nitrogens with zero attached hydrogens (tertiary/aromatic N) is 3. The molecule has 0 unspecified atom stereocenters. The van der Waals surface area contributed by atoms with E-state index >= 15 is 0 Å². The number of halogens is 1. The first-order valence-corrected chi connectivity index (χ1v) is 11.2. The molecular weight excluding hydrogens is 430 g/mol. The van der Waals surface area contributed by atoms with Crippen molar-refractivity contribution < 1.29 is 12.9 Å². The molecule has 0 spiro atoms. The maximum Gasteiger partial charge on any atom is 0.257 e. The highest BCUT2D eigenvalue weighted by molar-refractivity contribution is 9.10. The predicted molar refractivity (Wildman–Crippen MR) is 106 cm³/mol. The van der Waals surface area contributed by atoms with Crippen LogP contribution < -0.4 is 0 Å². The molecule has 0 aliphatic carbocycles. The van der Waals surface area contributed by atoms with Crippen LogP contribution in [0.4, 0.5) is 0 Å². The Balaban J connectivity index is 1.53. The minimum absolute atomic E-state index is 0.410.